The van der Waals surface area contributed by atoms with Crippen molar-refractivity contribution in [3.63, 3.8) is 0 Å². The normalized spacial score (nSPS) is 11.6. The van der Waals surface area contributed by atoms with Crippen molar-refractivity contribution < 1.29 is 9.47 Å². The molecule has 1 heterocycles. The number of benzene rings is 4. The molecule has 0 saturated heterocycles. The Morgan fingerprint density at radius 2 is 1.56 bits per heavy atom. The molecular formula is C30H25N3O2S. The van der Waals surface area contributed by atoms with Crippen LogP contribution in [0.2, 0.25) is 0 Å². The van der Waals surface area contributed by atoms with Crippen molar-refractivity contribution in [3.8, 4) is 22.8 Å². The van der Waals surface area contributed by atoms with Crippen molar-refractivity contribution in [3.05, 3.63) is 131 Å². The molecule has 6 heteroatoms. The summed E-state index contributed by atoms with van der Waals surface area (Å²) in [6, 6.07) is 35.9. The van der Waals surface area contributed by atoms with Gasteiger partial charge in [0.15, 0.2) is 0 Å². The summed E-state index contributed by atoms with van der Waals surface area (Å²) in [6.07, 6.45) is 1.83. The summed E-state index contributed by atoms with van der Waals surface area (Å²) in [5.74, 6) is 1.59. The SMILES string of the molecule is COc1ccc(N=c2scc(-c3ccccc3)n2/N=C\c2cccc(OCc3ccccc3)c2)cc1. The van der Waals surface area contributed by atoms with Crippen LogP contribution >= 0.6 is 11.3 Å². The molecule has 5 rings (SSSR count). The van der Waals surface area contributed by atoms with Crippen LogP contribution in [0.5, 0.6) is 11.5 Å². The number of ether oxygens (including phenoxy) is 2. The lowest BCUT2D eigenvalue weighted by atomic mass is 10.2. The van der Waals surface area contributed by atoms with E-state index in [4.69, 9.17) is 19.6 Å². The van der Waals surface area contributed by atoms with E-state index >= 15 is 0 Å². The first-order chi connectivity index (χ1) is 17.8. The molecule has 0 radical (unpaired) electrons. The van der Waals surface area contributed by atoms with Crippen LogP contribution in [0.3, 0.4) is 0 Å². The van der Waals surface area contributed by atoms with Gasteiger partial charge in [0.05, 0.1) is 24.7 Å². The van der Waals surface area contributed by atoms with Crippen LogP contribution in [-0.4, -0.2) is 18.0 Å². The van der Waals surface area contributed by atoms with Crippen LogP contribution < -0.4 is 14.3 Å². The van der Waals surface area contributed by atoms with E-state index in [0.717, 1.165) is 44.4 Å². The fourth-order valence-corrected chi connectivity index (χ4v) is 4.47. The van der Waals surface area contributed by atoms with Gasteiger partial charge < -0.3 is 9.47 Å². The summed E-state index contributed by atoms with van der Waals surface area (Å²) in [6.45, 7) is 0.518. The molecule has 0 N–H and O–H groups in total. The zero-order chi connectivity index (χ0) is 24.6. The largest absolute Gasteiger partial charge is 0.497 e. The van der Waals surface area contributed by atoms with Crippen molar-refractivity contribution >= 4 is 23.2 Å². The molecule has 4 aromatic carbocycles. The minimum Gasteiger partial charge on any atom is -0.497 e. The standard InChI is InChI=1S/C30H25N3O2S/c1-34-27-17-15-26(16-18-27)32-30-33(29(22-36-30)25-12-6-3-7-13-25)31-20-24-11-8-14-28(19-24)35-21-23-9-4-2-5-10-23/h2-20,22H,21H2,1H3/b31-20-,32-30?. The van der Waals surface area contributed by atoms with E-state index in [2.05, 4.69) is 29.6 Å². The van der Waals surface area contributed by atoms with Crippen molar-refractivity contribution in [2.75, 3.05) is 7.11 Å². The Morgan fingerprint density at radius 1 is 0.806 bits per heavy atom. The van der Waals surface area contributed by atoms with Crippen LogP contribution in [0.25, 0.3) is 11.3 Å². The summed E-state index contributed by atoms with van der Waals surface area (Å²) in [5, 5.41) is 6.91. The van der Waals surface area contributed by atoms with Crippen LogP contribution in [0.15, 0.2) is 125 Å². The third-order valence-corrected chi connectivity index (χ3v) is 6.30. The van der Waals surface area contributed by atoms with Crippen molar-refractivity contribution in [2.24, 2.45) is 10.1 Å². The van der Waals surface area contributed by atoms with Gasteiger partial charge in [-0.05, 0) is 47.5 Å². The average Bonchev–Trinajstić information content (AvgIpc) is 3.34. The number of aromatic nitrogens is 1. The highest BCUT2D eigenvalue weighted by Crippen LogP contribution is 2.22. The zero-order valence-electron chi connectivity index (χ0n) is 19.8. The maximum atomic E-state index is 5.99. The van der Waals surface area contributed by atoms with E-state index in [1.165, 1.54) is 0 Å². The molecule has 0 amide bonds. The van der Waals surface area contributed by atoms with Crippen molar-refractivity contribution in [1.29, 1.82) is 0 Å². The second-order valence-electron chi connectivity index (χ2n) is 7.98. The second kappa shape index (κ2) is 11.3. The van der Waals surface area contributed by atoms with Gasteiger partial charge in [0.2, 0.25) is 4.80 Å². The van der Waals surface area contributed by atoms with Gasteiger partial charge in [-0.25, -0.2) is 9.67 Å². The molecule has 0 bridgehead atoms. The second-order valence-corrected chi connectivity index (χ2v) is 8.82. The predicted octanol–water partition coefficient (Wildman–Crippen LogP) is 6.92. The fraction of sp³-hybridized carbons (Fsp3) is 0.0667. The van der Waals surface area contributed by atoms with E-state index < -0.39 is 0 Å². The summed E-state index contributed by atoms with van der Waals surface area (Å²) < 4.78 is 13.1. The van der Waals surface area contributed by atoms with Gasteiger partial charge in [-0.1, -0.05) is 72.8 Å². The number of nitrogens with zero attached hydrogens (tertiary/aromatic N) is 3. The smallest absolute Gasteiger partial charge is 0.211 e. The van der Waals surface area contributed by atoms with E-state index in [1.54, 1.807) is 18.4 Å². The van der Waals surface area contributed by atoms with Gasteiger partial charge in [0, 0.05) is 10.9 Å². The van der Waals surface area contributed by atoms with Crippen LogP contribution in [0.4, 0.5) is 5.69 Å². The first-order valence-electron chi connectivity index (χ1n) is 11.5. The molecule has 178 valence electrons. The topological polar surface area (TPSA) is 48.1 Å². The highest BCUT2D eigenvalue weighted by molar-refractivity contribution is 7.07. The third-order valence-electron chi connectivity index (χ3n) is 5.48. The fourth-order valence-electron chi connectivity index (χ4n) is 3.61. The molecule has 0 aliphatic carbocycles. The molecule has 36 heavy (non-hydrogen) atoms. The molecule has 0 spiro atoms. The van der Waals surface area contributed by atoms with E-state index in [0.29, 0.717) is 6.61 Å². The number of thiazole rings is 1. The lowest BCUT2D eigenvalue weighted by Gasteiger charge is -2.07. The van der Waals surface area contributed by atoms with Crippen LogP contribution in [0, 0.1) is 0 Å². The average molecular weight is 492 g/mol. The molecule has 5 nitrogen and oxygen atoms in total. The minimum atomic E-state index is 0.518. The highest BCUT2D eigenvalue weighted by atomic mass is 32.1. The van der Waals surface area contributed by atoms with E-state index in [1.807, 2.05) is 95.8 Å². The molecule has 0 unspecified atom stereocenters. The molecule has 5 aromatic rings. The van der Waals surface area contributed by atoms with Gasteiger partial charge in [0.25, 0.3) is 0 Å². The quantitative estimate of drug-likeness (QED) is 0.221. The Balaban J connectivity index is 1.46. The van der Waals surface area contributed by atoms with Gasteiger partial charge in [0.1, 0.15) is 18.1 Å². The summed E-state index contributed by atoms with van der Waals surface area (Å²) in [7, 11) is 1.65. The van der Waals surface area contributed by atoms with Gasteiger partial charge in [-0.2, -0.15) is 5.10 Å². The minimum absolute atomic E-state index is 0.518. The lowest BCUT2D eigenvalue weighted by molar-refractivity contribution is 0.306. The monoisotopic (exact) mass is 491 g/mol. The maximum Gasteiger partial charge on any atom is 0.211 e. The zero-order valence-corrected chi connectivity index (χ0v) is 20.6. The summed E-state index contributed by atoms with van der Waals surface area (Å²) in [5.41, 5.74) is 4.94. The van der Waals surface area contributed by atoms with Crippen LogP contribution in [-0.2, 0) is 6.61 Å². The predicted molar refractivity (Wildman–Crippen MR) is 146 cm³/mol. The molecule has 0 fully saturated rings. The molecular weight excluding hydrogens is 466 g/mol. The number of rotatable bonds is 8. The number of methoxy groups -OCH3 is 1. The van der Waals surface area contributed by atoms with E-state index in [-0.39, 0.29) is 0 Å². The summed E-state index contributed by atoms with van der Waals surface area (Å²) >= 11 is 1.55. The Hall–Kier alpha value is -4.42. The third kappa shape index (κ3) is 5.79. The number of hydrogen-bond donors (Lipinski definition) is 0. The molecule has 0 atom stereocenters. The Kier molecular flexibility index (Phi) is 7.35. The Labute approximate surface area is 214 Å². The number of hydrogen-bond acceptors (Lipinski definition) is 5. The van der Waals surface area contributed by atoms with Crippen molar-refractivity contribution in [1.82, 2.24) is 4.68 Å². The molecule has 0 aliphatic rings. The first kappa shape index (κ1) is 23.3. The van der Waals surface area contributed by atoms with Crippen molar-refractivity contribution in [2.45, 2.75) is 6.61 Å². The van der Waals surface area contributed by atoms with Gasteiger partial charge in [-0.3, -0.25) is 0 Å². The Bertz CT molecular complexity index is 1510. The maximum absolute atomic E-state index is 5.99. The molecule has 0 aliphatic heterocycles. The first-order valence-corrected chi connectivity index (χ1v) is 12.4. The Morgan fingerprint density at radius 3 is 2.31 bits per heavy atom. The summed E-state index contributed by atoms with van der Waals surface area (Å²) in [4.78, 5) is 5.61. The lowest BCUT2D eigenvalue weighted by Crippen LogP contribution is -2.11. The van der Waals surface area contributed by atoms with Gasteiger partial charge >= 0.3 is 0 Å². The van der Waals surface area contributed by atoms with E-state index in [9.17, 15) is 0 Å². The highest BCUT2D eigenvalue weighted by Gasteiger charge is 2.07. The molecule has 1 aromatic heterocycles. The molecule has 0 saturated carbocycles. The van der Waals surface area contributed by atoms with Crippen LogP contribution in [0.1, 0.15) is 11.1 Å². The van der Waals surface area contributed by atoms with Gasteiger partial charge in [-0.15, -0.1) is 11.3 Å².